The minimum Gasteiger partial charge on any atom is -0.480 e. The Bertz CT molecular complexity index is 775. The van der Waals surface area contributed by atoms with Crippen LogP contribution in [0.1, 0.15) is 21.5 Å². The Hall–Kier alpha value is -2.54. The largest absolute Gasteiger partial charge is 0.480 e. The van der Waals surface area contributed by atoms with E-state index in [1.54, 1.807) is 0 Å². The average molecular weight is 372 g/mol. The highest BCUT2D eigenvalue weighted by atomic mass is 35.5. The fourth-order valence-corrected chi connectivity index (χ4v) is 2.36. The summed E-state index contributed by atoms with van der Waals surface area (Å²) < 4.78 is 39.1. The molecule has 0 heterocycles. The maximum Gasteiger partial charge on any atom is 0.416 e. The zero-order valence-electron chi connectivity index (χ0n) is 12.7. The molecule has 0 fully saturated rings. The van der Waals surface area contributed by atoms with Gasteiger partial charge in [-0.3, -0.25) is 4.79 Å². The van der Waals surface area contributed by atoms with Gasteiger partial charge in [-0.1, -0.05) is 29.8 Å². The predicted molar refractivity (Wildman–Crippen MR) is 85.5 cm³/mol. The molecule has 2 aromatic carbocycles. The van der Waals surface area contributed by atoms with E-state index in [-0.39, 0.29) is 11.1 Å². The van der Waals surface area contributed by atoms with Gasteiger partial charge in [0, 0.05) is 17.0 Å². The van der Waals surface area contributed by atoms with Crippen molar-refractivity contribution in [1.82, 2.24) is 5.32 Å². The third kappa shape index (κ3) is 4.96. The summed E-state index contributed by atoms with van der Waals surface area (Å²) in [6, 6.07) is 8.82. The van der Waals surface area contributed by atoms with Crippen LogP contribution in [-0.2, 0) is 17.4 Å². The van der Waals surface area contributed by atoms with E-state index >= 15 is 0 Å². The van der Waals surface area contributed by atoms with Crippen molar-refractivity contribution >= 4 is 23.5 Å². The van der Waals surface area contributed by atoms with Crippen LogP contribution < -0.4 is 5.32 Å². The average Bonchev–Trinajstić information content (AvgIpc) is 2.54. The van der Waals surface area contributed by atoms with E-state index in [0.29, 0.717) is 5.02 Å². The maximum atomic E-state index is 13.0. The summed E-state index contributed by atoms with van der Waals surface area (Å²) in [7, 11) is 0. The van der Waals surface area contributed by atoms with E-state index in [9.17, 15) is 27.9 Å². The third-order valence-corrected chi connectivity index (χ3v) is 3.71. The Balaban J connectivity index is 2.21. The number of carbonyl (C=O) groups excluding carboxylic acids is 1. The van der Waals surface area contributed by atoms with Crippen molar-refractivity contribution in [1.29, 1.82) is 0 Å². The standard InChI is InChI=1S/C17H13ClF3NO3/c18-12-7-5-10(6-8-12)15(23)22-14(16(24)25)9-11-3-1-2-4-13(11)17(19,20)21/h1-8,14H,9H2,(H,22,23)(H,24,25)/t14-/m1/s1. The van der Waals surface area contributed by atoms with Gasteiger partial charge in [-0.05, 0) is 35.9 Å². The third-order valence-electron chi connectivity index (χ3n) is 3.46. The molecule has 2 N–H and O–H groups in total. The predicted octanol–water partition coefficient (Wildman–Crippen LogP) is 3.78. The highest BCUT2D eigenvalue weighted by molar-refractivity contribution is 6.30. The number of alkyl halides is 3. The minimum atomic E-state index is -4.61. The smallest absolute Gasteiger partial charge is 0.416 e. The van der Waals surface area contributed by atoms with Crippen LogP contribution in [0.15, 0.2) is 48.5 Å². The van der Waals surface area contributed by atoms with Gasteiger partial charge in [0.15, 0.2) is 0 Å². The molecule has 0 unspecified atom stereocenters. The van der Waals surface area contributed by atoms with E-state index in [1.807, 2.05) is 0 Å². The summed E-state index contributed by atoms with van der Waals surface area (Å²) in [4.78, 5) is 23.5. The first-order valence-electron chi connectivity index (χ1n) is 7.13. The van der Waals surface area contributed by atoms with Gasteiger partial charge < -0.3 is 10.4 Å². The molecule has 0 spiro atoms. The van der Waals surface area contributed by atoms with Crippen LogP contribution in [-0.4, -0.2) is 23.0 Å². The number of hydrogen-bond donors (Lipinski definition) is 2. The molecule has 0 saturated heterocycles. The van der Waals surface area contributed by atoms with Crippen LogP contribution in [0.2, 0.25) is 5.02 Å². The van der Waals surface area contributed by atoms with Gasteiger partial charge in [-0.15, -0.1) is 0 Å². The number of benzene rings is 2. The number of hydrogen-bond acceptors (Lipinski definition) is 2. The zero-order chi connectivity index (χ0) is 18.6. The molecule has 1 amide bonds. The second-order valence-electron chi connectivity index (χ2n) is 5.23. The van der Waals surface area contributed by atoms with Crippen LogP contribution in [0.5, 0.6) is 0 Å². The Morgan fingerprint density at radius 3 is 2.24 bits per heavy atom. The van der Waals surface area contributed by atoms with Crippen LogP contribution in [0, 0.1) is 0 Å². The normalized spacial score (nSPS) is 12.5. The summed E-state index contributed by atoms with van der Waals surface area (Å²) in [5.74, 6) is -2.15. The molecule has 4 nitrogen and oxygen atoms in total. The number of aliphatic carboxylic acids is 1. The van der Waals surface area contributed by atoms with Crippen molar-refractivity contribution in [2.24, 2.45) is 0 Å². The molecule has 0 aromatic heterocycles. The number of halogens is 4. The number of carboxylic acid groups (broad SMARTS) is 1. The van der Waals surface area contributed by atoms with E-state index in [2.05, 4.69) is 5.32 Å². The summed E-state index contributed by atoms with van der Waals surface area (Å²) >= 11 is 5.71. The summed E-state index contributed by atoms with van der Waals surface area (Å²) in [6.07, 6.45) is -5.11. The molecule has 2 rings (SSSR count). The molecule has 0 saturated carbocycles. The number of nitrogens with one attached hydrogen (secondary N) is 1. The second kappa shape index (κ2) is 7.57. The van der Waals surface area contributed by atoms with Gasteiger partial charge >= 0.3 is 12.1 Å². The molecular weight excluding hydrogens is 359 g/mol. The van der Waals surface area contributed by atoms with Crippen molar-refractivity contribution in [3.8, 4) is 0 Å². The Morgan fingerprint density at radius 1 is 1.08 bits per heavy atom. The number of carbonyl (C=O) groups is 2. The van der Waals surface area contributed by atoms with Crippen molar-refractivity contribution in [2.45, 2.75) is 18.6 Å². The van der Waals surface area contributed by atoms with Crippen molar-refractivity contribution < 1.29 is 27.9 Å². The highest BCUT2D eigenvalue weighted by Crippen LogP contribution is 2.32. The lowest BCUT2D eigenvalue weighted by atomic mass is 9.99. The first kappa shape index (κ1) is 18.8. The van der Waals surface area contributed by atoms with Crippen LogP contribution in [0.4, 0.5) is 13.2 Å². The topological polar surface area (TPSA) is 66.4 Å². The lowest BCUT2D eigenvalue weighted by Gasteiger charge is -2.18. The molecule has 0 aliphatic heterocycles. The van der Waals surface area contributed by atoms with E-state index < -0.39 is 36.1 Å². The highest BCUT2D eigenvalue weighted by Gasteiger charge is 2.34. The first-order chi connectivity index (χ1) is 11.7. The van der Waals surface area contributed by atoms with Gasteiger partial charge in [-0.2, -0.15) is 13.2 Å². The molecule has 25 heavy (non-hydrogen) atoms. The van der Waals surface area contributed by atoms with Gasteiger partial charge in [0.2, 0.25) is 0 Å². The van der Waals surface area contributed by atoms with Gasteiger partial charge in [0.1, 0.15) is 6.04 Å². The molecule has 2 aromatic rings. The second-order valence-corrected chi connectivity index (χ2v) is 5.67. The molecule has 132 valence electrons. The summed E-state index contributed by atoms with van der Waals surface area (Å²) in [6.45, 7) is 0. The summed E-state index contributed by atoms with van der Waals surface area (Å²) in [5.41, 5.74) is -0.986. The number of carboxylic acids is 1. The Kier molecular flexibility index (Phi) is 5.69. The monoisotopic (exact) mass is 371 g/mol. The molecule has 8 heteroatoms. The lowest BCUT2D eigenvalue weighted by molar-refractivity contribution is -0.141. The van der Waals surface area contributed by atoms with Crippen molar-refractivity contribution in [2.75, 3.05) is 0 Å². The Labute approximate surface area is 146 Å². The molecule has 0 radical (unpaired) electrons. The number of rotatable bonds is 5. The summed E-state index contributed by atoms with van der Waals surface area (Å²) in [5, 5.41) is 11.9. The van der Waals surface area contributed by atoms with Crippen molar-refractivity contribution in [3.05, 3.63) is 70.2 Å². The van der Waals surface area contributed by atoms with E-state index in [0.717, 1.165) is 6.07 Å². The minimum absolute atomic E-state index is 0.153. The van der Waals surface area contributed by atoms with E-state index in [1.165, 1.54) is 42.5 Å². The van der Waals surface area contributed by atoms with Gasteiger partial charge in [0.05, 0.1) is 5.56 Å². The number of amides is 1. The Morgan fingerprint density at radius 2 is 1.68 bits per heavy atom. The molecule has 1 atom stereocenters. The molecular formula is C17H13ClF3NO3. The van der Waals surface area contributed by atoms with Crippen LogP contribution in [0.3, 0.4) is 0 Å². The molecule has 0 aliphatic rings. The first-order valence-corrected chi connectivity index (χ1v) is 7.50. The van der Waals surface area contributed by atoms with Crippen molar-refractivity contribution in [3.63, 3.8) is 0 Å². The molecule has 0 aliphatic carbocycles. The SMILES string of the molecule is O=C(N[C@H](Cc1ccccc1C(F)(F)F)C(=O)O)c1ccc(Cl)cc1. The van der Waals surface area contributed by atoms with E-state index in [4.69, 9.17) is 11.6 Å². The van der Waals surface area contributed by atoms with Gasteiger partial charge in [-0.25, -0.2) is 4.79 Å². The van der Waals surface area contributed by atoms with Gasteiger partial charge in [0.25, 0.3) is 5.91 Å². The lowest BCUT2D eigenvalue weighted by Crippen LogP contribution is -2.42. The fourth-order valence-electron chi connectivity index (χ4n) is 2.24. The maximum absolute atomic E-state index is 13.0. The zero-order valence-corrected chi connectivity index (χ0v) is 13.4. The van der Waals surface area contributed by atoms with Crippen LogP contribution >= 0.6 is 11.6 Å². The molecule has 0 bridgehead atoms. The van der Waals surface area contributed by atoms with Crippen LogP contribution in [0.25, 0.3) is 0 Å². The quantitative estimate of drug-likeness (QED) is 0.840. The fraction of sp³-hybridized carbons (Fsp3) is 0.176.